The van der Waals surface area contributed by atoms with Crippen LogP contribution in [0.5, 0.6) is 5.75 Å². The molecular weight excluding hydrogens is 276 g/mol. The van der Waals surface area contributed by atoms with Crippen molar-refractivity contribution in [3.05, 3.63) is 29.8 Å². The van der Waals surface area contributed by atoms with Crippen LogP contribution in [0.2, 0.25) is 0 Å². The molecule has 0 aliphatic rings. The molecule has 0 aromatic heterocycles. The average Bonchev–Trinajstić information content (AvgIpc) is 2.45. The van der Waals surface area contributed by atoms with Crippen molar-refractivity contribution in [1.29, 1.82) is 0 Å². The molecule has 0 radical (unpaired) electrons. The van der Waals surface area contributed by atoms with Gasteiger partial charge in [-0.3, -0.25) is 4.90 Å². The molecule has 3 N–H and O–H groups in total. The smallest absolute Gasteiger partial charge is 0.119 e. The number of thiocarbonyl (C=S) groups is 1. The largest absolute Gasteiger partial charge is 0.492 e. The summed E-state index contributed by atoms with van der Waals surface area (Å²) in [6.07, 6.45) is 0. The fraction of sp³-hybridized carbons (Fsp3) is 0.500. The van der Waals surface area contributed by atoms with E-state index in [9.17, 15) is 0 Å². The van der Waals surface area contributed by atoms with Crippen LogP contribution < -0.4 is 10.5 Å². The quantitative estimate of drug-likeness (QED) is 0.618. The minimum Gasteiger partial charge on any atom is -0.492 e. The molecule has 0 bridgehead atoms. The Balaban J connectivity index is 2.35. The van der Waals surface area contributed by atoms with Gasteiger partial charge in [0.15, 0.2) is 0 Å². The highest BCUT2D eigenvalue weighted by molar-refractivity contribution is 7.80. The fourth-order valence-electron chi connectivity index (χ4n) is 1.71. The van der Waals surface area contributed by atoms with Gasteiger partial charge >= 0.3 is 0 Å². The van der Waals surface area contributed by atoms with E-state index in [2.05, 4.69) is 4.90 Å². The van der Waals surface area contributed by atoms with Crippen LogP contribution in [-0.4, -0.2) is 61.6 Å². The lowest BCUT2D eigenvalue weighted by Crippen LogP contribution is -2.33. The van der Waals surface area contributed by atoms with Gasteiger partial charge in [0, 0.05) is 32.3 Å². The normalized spacial score (nSPS) is 10.8. The SMILES string of the molecule is COCCN(CCO)CCOc1ccc(C(N)=S)cc1. The molecule has 0 fully saturated rings. The van der Waals surface area contributed by atoms with Gasteiger partial charge in [0.25, 0.3) is 0 Å². The molecule has 0 saturated heterocycles. The minimum atomic E-state index is 0.131. The maximum absolute atomic E-state index is 8.99. The Hall–Kier alpha value is -1.21. The van der Waals surface area contributed by atoms with Crippen molar-refractivity contribution in [2.24, 2.45) is 5.73 Å². The maximum atomic E-state index is 8.99. The Bertz CT molecular complexity index is 398. The van der Waals surface area contributed by atoms with Crippen molar-refractivity contribution in [3.63, 3.8) is 0 Å². The summed E-state index contributed by atoms with van der Waals surface area (Å²) >= 11 is 4.89. The van der Waals surface area contributed by atoms with Crippen LogP contribution in [-0.2, 0) is 4.74 Å². The third-order valence-electron chi connectivity index (χ3n) is 2.84. The molecule has 112 valence electrons. The molecule has 1 aromatic rings. The molecule has 0 atom stereocenters. The van der Waals surface area contributed by atoms with E-state index < -0.39 is 0 Å². The highest BCUT2D eigenvalue weighted by Gasteiger charge is 2.04. The van der Waals surface area contributed by atoms with Crippen molar-refractivity contribution in [2.45, 2.75) is 0 Å². The molecule has 0 aliphatic carbocycles. The summed E-state index contributed by atoms with van der Waals surface area (Å²) in [6.45, 7) is 3.46. The van der Waals surface area contributed by atoms with Crippen LogP contribution >= 0.6 is 12.2 Å². The lowest BCUT2D eigenvalue weighted by atomic mass is 10.2. The first-order valence-electron chi connectivity index (χ1n) is 6.52. The molecule has 6 heteroatoms. The lowest BCUT2D eigenvalue weighted by molar-refractivity contribution is 0.118. The van der Waals surface area contributed by atoms with E-state index in [-0.39, 0.29) is 6.61 Å². The number of aliphatic hydroxyl groups is 1. The number of ether oxygens (including phenoxy) is 2. The number of nitrogens with zero attached hydrogens (tertiary/aromatic N) is 1. The second-order valence-corrected chi connectivity index (χ2v) is 4.73. The van der Waals surface area contributed by atoms with Gasteiger partial charge in [-0.05, 0) is 24.3 Å². The molecule has 0 amide bonds. The van der Waals surface area contributed by atoms with E-state index in [0.717, 1.165) is 24.4 Å². The molecule has 20 heavy (non-hydrogen) atoms. The summed E-state index contributed by atoms with van der Waals surface area (Å²) in [4.78, 5) is 2.47. The van der Waals surface area contributed by atoms with Crippen molar-refractivity contribution in [3.8, 4) is 5.75 Å². The topological polar surface area (TPSA) is 68.0 Å². The maximum Gasteiger partial charge on any atom is 0.119 e. The number of benzene rings is 1. The van der Waals surface area contributed by atoms with Crippen molar-refractivity contribution in [1.82, 2.24) is 4.90 Å². The van der Waals surface area contributed by atoms with Crippen LogP contribution in [0.25, 0.3) is 0 Å². The first-order valence-corrected chi connectivity index (χ1v) is 6.93. The lowest BCUT2D eigenvalue weighted by Gasteiger charge is -2.20. The average molecular weight is 298 g/mol. The number of methoxy groups -OCH3 is 1. The van der Waals surface area contributed by atoms with Gasteiger partial charge in [0.2, 0.25) is 0 Å². The van der Waals surface area contributed by atoms with Crippen LogP contribution in [0.4, 0.5) is 0 Å². The fourth-order valence-corrected chi connectivity index (χ4v) is 1.84. The summed E-state index contributed by atoms with van der Waals surface area (Å²) in [5.74, 6) is 0.778. The van der Waals surface area contributed by atoms with Gasteiger partial charge in [-0.25, -0.2) is 0 Å². The zero-order valence-electron chi connectivity index (χ0n) is 11.7. The molecule has 0 saturated carbocycles. The number of nitrogens with two attached hydrogens (primary N) is 1. The Labute approximate surface area is 125 Å². The molecule has 0 heterocycles. The summed E-state index contributed by atoms with van der Waals surface area (Å²) in [6, 6.07) is 7.38. The van der Waals surface area contributed by atoms with Crippen molar-refractivity contribution < 1.29 is 14.6 Å². The molecule has 0 unspecified atom stereocenters. The van der Waals surface area contributed by atoms with Gasteiger partial charge in [-0.15, -0.1) is 0 Å². The predicted octanol–water partition coefficient (Wildman–Crippen LogP) is 0.640. The van der Waals surface area contributed by atoms with E-state index in [0.29, 0.717) is 24.7 Å². The third-order valence-corrected chi connectivity index (χ3v) is 3.08. The standard InChI is InChI=1S/C14H22N2O3S/c1-18-10-7-16(6-9-17)8-11-19-13-4-2-12(3-5-13)14(15)20/h2-5,17H,6-11H2,1H3,(H2,15,20). The molecule has 0 spiro atoms. The summed E-state index contributed by atoms with van der Waals surface area (Å²) < 4.78 is 10.7. The molecular formula is C14H22N2O3S. The van der Waals surface area contributed by atoms with Gasteiger partial charge < -0.3 is 20.3 Å². The molecule has 5 nitrogen and oxygen atoms in total. The predicted molar refractivity (Wildman–Crippen MR) is 83.2 cm³/mol. The third kappa shape index (κ3) is 6.29. The number of hydrogen-bond acceptors (Lipinski definition) is 5. The molecule has 1 aromatic carbocycles. The highest BCUT2D eigenvalue weighted by atomic mass is 32.1. The van der Waals surface area contributed by atoms with E-state index in [1.54, 1.807) is 7.11 Å². The van der Waals surface area contributed by atoms with Gasteiger partial charge in [-0.1, -0.05) is 12.2 Å². The Kier molecular flexibility index (Phi) is 8.13. The van der Waals surface area contributed by atoms with Crippen molar-refractivity contribution in [2.75, 3.05) is 46.6 Å². The Morgan fingerprint density at radius 3 is 2.40 bits per heavy atom. The zero-order chi connectivity index (χ0) is 14.8. The Morgan fingerprint density at radius 2 is 1.85 bits per heavy atom. The number of aliphatic hydroxyl groups excluding tert-OH is 1. The second kappa shape index (κ2) is 9.66. The zero-order valence-corrected chi connectivity index (χ0v) is 12.6. The van der Waals surface area contributed by atoms with Crippen LogP contribution in [0.1, 0.15) is 5.56 Å². The van der Waals surface area contributed by atoms with Gasteiger partial charge in [0.1, 0.15) is 17.3 Å². The van der Waals surface area contributed by atoms with E-state index in [4.69, 9.17) is 32.5 Å². The van der Waals surface area contributed by atoms with Gasteiger partial charge in [0.05, 0.1) is 13.2 Å². The Morgan fingerprint density at radius 1 is 1.20 bits per heavy atom. The minimum absolute atomic E-state index is 0.131. The number of hydrogen-bond donors (Lipinski definition) is 2. The number of rotatable bonds is 10. The summed E-state index contributed by atoms with van der Waals surface area (Å²) in [5.41, 5.74) is 6.36. The first-order chi connectivity index (χ1) is 9.67. The van der Waals surface area contributed by atoms with E-state index in [1.807, 2.05) is 24.3 Å². The van der Waals surface area contributed by atoms with E-state index in [1.165, 1.54) is 0 Å². The monoisotopic (exact) mass is 298 g/mol. The van der Waals surface area contributed by atoms with E-state index >= 15 is 0 Å². The van der Waals surface area contributed by atoms with Crippen LogP contribution in [0.3, 0.4) is 0 Å². The van der Waals surface area contributed by atoms with Crippen LogP contribution in [0.15, 0.2) is 24.3 Å². The summed E-state index contributed by atoms with van der Waals surface area (Å²) in [7, 11) is 1.66. The molecule has 1 rings (SSSR count). The van der Waals surface area contributed by atoms with Crippen LogP contribution in [0, 0.1) is 0 Å². The summed E-state index contributed by atoms with van der Waals surface area (Å²) in [5, 5.41) is 8.99. The first kappa shape index (κ1) is 16.8. The highest BCUT2D eigenvalue weighted by Crippen LogP contribution is 2.12. The second-order valence-electron chi connectivity index (χ2n) is 4.30. The molecule has 0 aliphatic heterocycles. The van der Waals surface area contributed by atoms with Gasteiger partial charge in [-0.2, -0.15) is 0 Å². The van der Waals surface area contributed by atoms with Crippen molar-refractivity contribution >= 4 is 17.2 Å².